The number of rotatable bonds is 3. The number of hydrogen-bond acceptors (Lipinski definition) is 5. The Morgan fingerprint density at radius 1 is 1.48 bits per heavy atom. The third-order valence-electron chi connectivity index (χ3n) is 5.20. The summed E-state index contributed by atoms with van der Waals surface area (Å²) in [5, 5.41) is 14.1. The van der Waals surface area contributed by atoms with Crippen molar-refractivity contribution in [1.29, 1.82) is 0 Å². The predicted octanol–water partition coefficient (Wildman–Crippen LogP) is 3.21. The van der Waals surface area contributed by atoms with E-state index in [2.05, 4.69) is 10.3 Å². The van der Waals surface area contributed by atoms with Crippen LogP contribution in [0.3, 0.4) is 0 Å². The molecule has 6 nitrogen and oxygen atoms in total. The number of hydrogen-bond donors (Lipinski definition) is 3. The van der Waals surface area contributed by atoms with E-state index in [1.54, 1.807) is 12.4 Å². The van der Waals surface area contributed by atoms with Gasteiger partial charge in [-0.1, -0.05) is 13.8 Å². The van der Waals surface area contributed by atoms with Crippen molar-refractivity contribution in [3.8, 4) is 0 Å². The molecule has 4 N–H and O–H groups in total. The van der Waals surface area contributed by atoms with Crippen molar-refractivity contribution < 1.29 is 14.6 Å². The van der Waals surface area contributed by atoms with Crippen LogP contribution in [0.4, 0.5) is 10.5 Å². The Balaban J connectivity index is 2.23. The molecule has 1 aromatic rings. The first-order valence-corrected chi connectivity index (χ1v) is 8.98. The average molecular weight is 349 g/mol. The summed E-state index contributed by atoms with van der Waals surface area (Å²) in [7, 11) is 0. The summed E-state index contributed by atoms with van der Waals surface area (Å²) in [5.74, 6) is 0.175. The molecular formula is C19H31N3O3. The minimum atomic E-state index is -0.963. The normalized spacial score (nSPS) is 29.9. The van der Waals surface area contributed by atoms with Gasteiger partial charge in [0.2, 0.25) is 0 Å². The number of anilines is 1. The van der Waals surface area contributed by atoms with Crippen molar-refractivity contribution in [1.82, 2.24) is 10.3 Å². The molecule has 0 aliphatic heterocycles. The molecule has 1 heterocycles. The summed E-state index contributed by atoms with van der Waals surface area (Å²) in [6, 6.07) is 1.53. The van der Waals surface area contributed by atoms with Gasteiger partial charge in [-0.25, -0.2) is 4.79 Å². The smallest absolute Gasteiger partial charge is 0.407 e. The maximum Gasteiger partial charge on any atom is 0.407 e. The van der Waals surface area contributed by atoms with Gasteiger partial charge in [0.05, 0.1) is 23.5 Å². The third kappa shape index (κ3) is 4.42. The van der Waals surface area contributed by atoms with Gasteiger partial charge in [0, 0.05) is 6.20 Å². The zero-order valence-corrected chi connectivity index (χ0v) is 15.9. The zero-order chi connectivity index (χ0) is 18.8. The fourth-order valence-electron chi connectivity index (χ4n) is 3.83. The second-order valence-corrected chi connectivity index (χ2v) is 8.12. The molecule has 0 saturated heterocycles. The Morgan fingerprint density at radius 2 is 2.16 bits per heavy atom. The van der Waals surface area contributed by atoms with E-state index in [-0.39, 0.29) is 11.8 Å². The molecule has 1 amide bonds. The van der Waals surface area contributed by atoms with Crippen molar-refractivity contribution >= 4 is 11.8 Å². The maximum absolute atomic E-state index is 12.3. The number of aromatic nitrogens is 1. The van der Waals surface area contributed by atoms with E-state index in [4.69, 9.17) is 10.5 Å². The van der Waals surface area contributed by atoms with Crippen LogP contribution in [0.2, 0.25) is 0 Å². The van der Waals surface area contributed by atoms with E-state index in [9.17, 15) is 9.90 Å². The van der Waals surface area contributed by atoms with Crippen LogP contribution < -0.4 is 11.1 Å². The topological polar surface area (TPSA) is 97.5 Å². The van der Waals surface area contributed by atoms with Gasteiger partial charge in [-0.05, 0) is 63.5 Å². The predicted molar refractivity (Wildman–Crippen MR) is 98.2 cm³/mol. The van der Waals surface area contributed by atoms with Gasteiger partial charge in [0.1, 0.15) is 5.60 Å². The fourth-order valence-corrected chi connectivity index (χ4v) is 3.83. The van der Waals surface area contributed by atoms with Crippen molar-refractivity contribution in [3.63, 3.8) is 0 Å². The standard InChI is InChI=1S/C19H31N3O3/c1-6-19(24)12(2)9-13(14-7-8-21-11-15(14)20)10-16(19)22-17(23)25-18(3,4)5/h7-8,11-13,16,24H,6,9-10,20H2,1-5H3,(H,22,23)/t12-,13+,16+,19+/m0/s1. The first-order valence-electron chi connectivity index (χ1n) is 8.98. The molecule has 0 spiro atoms. The molecule has 6 heteroatoms. The largest absolute Gasteiger partial charge is 0.444 e. The first kappa shape index (κ1) is 19.5. The van der Waals surface area contributed by atoms with Gasteiger partial charge >= 0.3 is 6.09 Å². The van der Waals surface area contributed by atoms with E-state index in [0.717, 1.165) is 12.0 Å². The van der Waals surface area contributed by atoms with Crippen molar-refractivity contribution in [3.05, 3.63) is 24.0 Å². The minimum Gasteiger partial charge on any atom is -0.444 e. The Bertz CT molecular complexity index is 614. The van der Waals surface area contributed by atoms with Crippen molar-refractivity contribution in [2.45, 2.75) is 77.0 Å². The number of amides is 1. The molecule has 25 heavy (non-hydrogen) atoms. The van der Waals surface area contributed by atoms with Gasteiger partial charge in [-0.15, -0.1) is 0 Å². The molecule has 1 aromatic heterocycles. The van der Waals surface area contributed by atoms with Crippen LogP contribution in [-0.4, -0.2) is 33.4 Å². The number of aliphatic hydroxyl groups is 1. The van der Waals surface area contributed by atoms with Crippen LogP contribution in [0.1, 0.15) is 65.4 Å². The van der Waals surface area contributed by atoms with Gasteiger partial charge in [-0.3, -0.25) is 4.98 Å². The zero-order valence-electron chi connectivity index (χ0n) is 15.9. The van der Waals surface area contributed by atoms with Crippen LogP contribution in [-0.2, 0) is 4.74 Å². The third-order valence-corrected chi connectivity index (χ3v) is 5.20. The molecule has 1 aliphatic rings. The van der Waals surface area contributed by atoms with E-state index >= 15 is 0 Å². The van der Waals surface area contributed by atoms with Crippen molar-refractivity contribution in [2.75, 3.05) is 5.73 Å². The number of nitrogens with zero attached hydrogens (tertiary/aromatic N) is 1. The van der Waals surface area contributed by atoms with Crippen LogP contribution in [0.5, 0.6) is 0 Å². The Labute approximate surface area is 150 Å². The summed E-state index contributed by atoms with van der Waals surface area (Å²) in [4.78, 5) is 16.3. The molecule has 0 radical (unpaired) electrons. The van der Waals surface area contributed by atoms with Gasteiger partial charge in [0.15, 0.2) is 0 Å². The quantitative estimate of drug-likeness (QED) is 0.778. The molecule has 0 unspecified atom stereocenters. The van der Waals surface area contributed by atoms with Crippen LogP contribution in [0, 0.1) is 5.92 Å². The number of nitrogen functional groups attached to an aromatic ring is 1. The number of nitrogens with two attached hydrogens (primary N) is 1. The molecule has 1 aliphatic carbocycles. The van der Waals surface area contributed by atoms with E-state index in [0.29, 0.717) is 18.5 Å². The highest BCUT2D eigenvalue weighted by Crippen LogP contribution is 2.44. The van der Waals surface area contributed by atoms with E-state index in [1.165, 1.54) is 0 Å². The number of alkyl carbamates (subject to hydrolysis) is 1. The lowest BCUT2D eigenvalue weighted by atomic mass is 9.66. The SMILES string of the molecule is CC[C@@]1(O)[C@@H](C)C[C@@H](c2ccncc2N)C[C@H]1NC(=O)OC(C)(C)C. The monoisotopic (exact) mass is 349 g/mol. The number of carbonyl (C=O) groups excluding carboxylic acids is 1. The molecule has 140 valence electrons. The number of pyridine rings is 1. The molecule has 2 rings (SSSR count). The first-order chi connectivity index (χ1) is 11.6. The summed E-state index contributed by atoms with van der Waals surface area (Å²) in [6.45, 7) is 9.44. The summed E-state index contributed by atoms with van der Waals surface area (Å²) in [5.41, 5.74) is 6.22. The number of carbonyl (C=O) groups is 1. The van der Waals surface area contributed by atoms with Gasteiger partial charge < -0.3 is 20.9 Å². The van der Waals surface area contributed by atoms with Crippen LogP contribution in [0.15, 0.2) is 18.5 Å². The second kappa shape index (κ2) is 7.20. The van der Waals surface area contributed by atoms with E-state index in [1.807, 2.05) is 40.7 Å². The van der Waals surface area contributed by atoms with Crippen LogP contribution in [0.25, 0.3) is 0 Å². The molecular weight excluding hydrogens is 318 g/mol. The lowest BCUT2D eigenvalue weighted by Gasteiger charge is -2.47. The summed E-state index contributed by atoms with van der Waals surface area (Å²) < 4.78 is 5.38. The van der Waals surface area contributed by atoms with E-state index < -0.39 is 23.3 Å². The van der Waals surface area contributed by atoms with Gasteiger partial charge in [-0.2, -0.15) is 0 Å². The van der Waals surface area contributed by atoms with Crippen molar-refractivity contribution in [2.24, 2.45) is 5.92 Å². The Morgan fingerprint density at radius 3 is 2.72 bits per heavy atom. The van der Waals surface area contributed by atoms with Crippen LogP contribution >= 0.6 is 0 Å². The molecule has 1 fully saturated rings. The molecule has 0 aromatic carbocycles. The summed E-state index contributed by atoms with van der Waals surface area (Å²) >= 11 is 0. The fraction of sp³-hybridized carbons (Fsp3) is 0.684. The molecule has 1 saturated carbocycles. The highest BCUT2D eigenvalue weighted by Gasteiger charge is 2.47. The maximum atomic E-state index is 12.3. The molecule has 4 atom stereocenters. The Hall–Kier alpha value is -1.82. The lowest BCUT2D eigenvalue weighted by molar-refractivity contribution is -0.0769. The highest BCUT2D eigenvalue weighted by molar-refractivity contribution is 5.68. The number of ether oxygens (including phenoxy) is 1. The highest BCUT2D eigenvalue weighted by atomic mass is 16.6. The number of nitrogens with one attached hydrogen (secondary N) is 1. The summed E-state index contributed by atoms with van der Waals surface area (Å²) in [6.07, 6.45) is 4.87. The average Bonchev–Trinajstić information content (AvgIpc) is 2.50. The molecule has 0 bridgehead atoms. The Kier molecular flexibility index (Phi) is 5.62. The second-order valence-electron chi connectivity index (χ2n) is 8.12. The van der Waals surface area contributed by atoms with Gasteiger partial charge in [0.25, 0.3) is 0 Å². The minimum absolute atomic E-state index is 0.0174. The lowest BCUT2D eigenvalue weighted by Crippen LogP contribution is -2.59.